The Hall–Kier alpha value is -1.55. The molecule has 1 aromatic carbocycles. The summed E-state index contributed by atoms with van der Waals surface area (Å²) < 4.78 is 10.6. The minimum Gasteiger partial charge on any atom is -0.492 e. The van der Waals surface area contributed by atoms with E-state index in [-0.39, 0.29) is 5.97 Å². The second-order valence-corrected chi connectivity index (χ2v) is 6.26. The fraction of sp³-hybridized carbons (Fsp3) is 0.588. The van der Waals surface area contributed by atoms with Crippen LogP contribution in [0.15, 0.2) is 18.2 Å². The Morgan fingerprint density at radius 2 is 2.19 bits per heavy atom. The first kappa shape index (κ1) is 15.8. The molecule has 0 heterocycles. The van der Waals surface area contributed by atoms with Gasteiger partial charge in [0.15, 0.2) is 0 Å². The molecule has 0 aliphatic heterocycles. The number of esters is 1. The van der Waals surface area contributed by atoms with Crippen LogP contribution in [0.3, 0.4) is 0 Å². The molecule has 0 bridgehead atoms. The Morgan fingerprint density at radius 3 is 2.86 bits per heavy atom. The van der Waals surface area contributed by atoms with Crippen LogP contribution in [0, 0.1) is 5.41 Å². The van der Waals surface area contributed by atoms with Crippen molar-refractivity contribution in [2.45, 2.75) is 39.2 Å². The van der Waals surface area contributed by atoms with Gasteiger partial charge in [-0.1, -0.05) is 6.07 Å². The van der Waals surface area contributed by atoms with Crippen molar-refractivity contribution in [1.29, 1.82) is 0 Å². The van der Waals surface area contributed by atoms with Crippen LogP contribution in [0.5, 0.6) is 5.75 Å². The molecule has 0 aromatic heterocycles. The van der Waals surface area contributed by atoms with Gasteiger partial charge in [-0.25, -0.2) is 0 Å². The number of fused-ring (bicyclic) bond motifs is 1. The van der Waals surface area contributed by atoms with E-state index in [1.54, 1.807) is 0 Å². The second-order valence-electron chi connectivity index (χ2n) is 6.26. The summed E-state index contributed by atoms with van der Waals surface area (Å²) in [6.45, 7) is 3.97. The maximum Gasteiger partial charge on any atom is 0.314 e. The molecule has 21 heavy (non-hydrogen) atoms. The Labute approximate surface area is 126 Å². The van der Waals surface area contributed by atoms with Crippen LogP contribution >= 0.6 is 0 Å². The monoisotopic (exact) mass is 291 g/mol. The highest BCUT2D eigenvalue weighted by atomic mass is 16.5. The van der Waals surface area contributed by atoms with Crippen LogP contribution in [0.25, 0.3) is 0 Å². The van der Waals surface area contributed by atoms with E-state index in [9.17, 15) is 4.79 Å². The van der Waals surface area contributed by atoms with E-state index >= 15 is 0 Å². The molecular weight excluding hydrogens is 266 g/mol. The molecule has 116 valence electrons. The van der Waals surface area contributed by atoms with Gasteiger partial charge < -0.3 is 14.8 Å². The summed E-state index contributed by atoms with van der Waals surface area (Å²) >= 11 is 0. The summed E-state index contributed by atoms with van der Waals surface area (Å²) in [5, 5.41) is 3.36. The number of nitrogens with one attached hydrogen (secondary N) is 1. The quantitative estimate of drug-likeness (QED) is 0.847. The molecule has 0 fully saturated rings. The molecule has 1 unspecified atom stereocenters. The Balaban J connectivity index is 2.07. The van der Waals surface area contributed by atoms with E-state index in [1.807, 2.05) is 27.0 Å². The Kier molecular flexibility index (Phi) is 4.88. The van der Waals surface area contributed by atoms with E-state index < -0.39 is 5.41 Å². The summed E-state index contributed by atoms with van der Waals surface area (Å²) in [6, 6.07) is 6.67. The topological polar surface area (TPSA) is 47.6 Å². The van der Waals surface area contributed by atoms with Gasteiger partial charge in [-0.15, -0.1) is 0 Å². The van der Waals surface area contributed by atoms with Gasteiger partial charge >= 0.3 is 5.97 Å². The molecule has 4 nitrogen and oxygen atoms in total. The van der Waals surface area contributed by atoms with Crippen molar-refractivity contribution in [2.75, 3.05) is 20.8 Å². The zero-order chi connectivity index (χ0) is 15.5. The van der Waals surface area contributed by atoms with Crippen LogP contribution in [0.1, 0.15) is 43.9 Å². The minimum atomic E-state index is -0.641. The van der Waals surface area contributed by atoms with Gasteiger partial charge in [0, 0.05) is 6.04 Å². The molecule has 1 N–H and O–H groups in total. The number of methoxy groups -OCH3 is 1. The summed E-state index contributed by atoms with van der Waals surface area (Å²) in [5.74, 6) is 0.568. The molecule has 1 aliphatic rings. The zero-order valence-electron chi connectivity index (χ0n) is 13.4. The number of benzene rings is 1. The number of carbonyl (C=O) groups excluding carboxylic acids is 1. The number of ether oxygens (including phenoxy) is 2. The van der Waals surface area contributed by atoms with Crippen LogP contribution in [0.4, 0.5) is 0 Å². The van der Waals surface area contributed by atoms with Gasteiger partial charge in [-0.3, -0.25) is 4.79 Å². The SMILES string of the molecule is CNC1CCCc2cc(OCC(C)(C)C(=O)OC)ccc21. The van der Waals surface area contributed by atoms with Crippen molar-refractivity contribution in [3.63, 3.8) is 0 Å². The molecule has 1 aliphatic carbocycles. The standard InChI is InChI=1S/C17H25NO3/c1-17(2,16(19)20-4)11-21-13-8-9-14-12(10-13)6-5-7-15(14)18-3/h8-10,15,18H,5-7,11H2,1-4H3. The van der Waals surface area contributed by atoms with E-state index in [0.717, 1.165) is 12.2 Å². The van der Waals surface area contributed by atoms with Gasteiger partial charge in [-0.05, 0) is 63.4 Å². The largest absolute Gasteiger partial charge is 0.492 e. The summed E-state index contributed by atoms with van der Waals surface area (Å²) in [6.07, 6.45) is 3.46. The van der Waals surface area contributed by atoms with Crippen molar-refractivity contribution in [3.8, 4) is 5.75 Å². The van der Waals surface area contributed by atoms with Crippen molar-refractivity contribution >= 4 is 5.97 Å². The first-order valence-electron chi connectivity index (χ1n) is 7.49. The number of hydrogen-bond acceptors (Lipinski definition) is 4. The molecule has 0 saturated heterocycles. The molecule has 2 rings (SSSR count). The molecule has 0 spiro atoms. The second kappa shape index (κ2) is 6.48. The third-order valence-corrected chi connectivity index (χ3v) is 4.11. The van der Waals surface area contributed by atoms with Gasteiger partial charge in [0.25, 0.3) is 0 Å². The van der Waals surface area contributed by atoms with Crippen LogP contribution < -0.4 is 10.1 Å². The van der Waals surface area contributed by atoms with Gasteiger partial charge in [0.1, 0.15) is 12.4 Å². The lowest BCUT2D eigenvalue weighted by atomic mass is 9.87. The van der Waals surface area contributed by atoms with Crippen molar-refractivity contribution < 1.29 is 14.3 Å². The maximum atomic E-state index is 11.7. The maximum absolute atomic E-state index is 11.7. The first-order valence-corrected chi connectivity index (χ1v) is 7.49. The lowest BCUT2D eigenvalue weighted by molar-refractivity contribution is -0.152. The Morgan fingerprint density at radius 1 is 1.43 bits per heavy atom. The average Bonchev–Trinajstić information content (AvgIpc) is 2.51. The number of carbonyl (C=O) groups is 1. The average molecular weight is 291 g/mol. The van der Waals surface area contributed by atoms with E-state index in [4.69, 9.17) is 9.47 Å². The summed E-state index contributed by atoms with van der Waals surface area (Å²) in [4.78, 5) is 11.7. The van der Waals surface area contributed by atoms with Gasteiger partial charge in [0.05, 0.1) is 12.5 Å². The van der Waals surface area contributed by atoms with E-state index in [1.165, 1.54) is 31.1 Å². The fourth-order valence-corrected chi connectivity index (χ4v) is 2.78. The van der Waals surface area contributed by atoms with Crippen molar-refractivity contribution in [3.05, 3.63) is 29.3 Å². The molecule has 0 radical (unpaired) electrons. The normalized spacial score (nSPS) is 18.0. The lowest BCUT2D eigenvalue weighted by Crippen LogP contribution is -2.32. The molecular formula is C17H25NO3. The van der Waals surface area contributed by atoms with Crippen LogP contribution in [-0.2, 0) is 16.0 Å². The minimum absolute atomic E-state index is 0.254. The smallest absolute Gasteiger partial charge is 0.314 e. The fourth-order valence-electron chi connectivity index (χ4n) is 2.78. The van der Waals surface area contributed by atoms with Gasteiger partial charge in [-0.2, -0.15) is 0 Å². The number of hydrogen-bond donors (Lipinski definition) is 1. The summed E-state index contributed by atoms with van der Waals surface area (Å²) in [5.41, 5.74) is 2.07. The first-order chi connectivity index (χ1) is 9.97. The zero-order valence-corrected chi connectivity index (χ0v) is 13.4. The predicted molar refractivity (Wildman–Crippen MR) is 82.5 cm³/mol. The highest BCUT2D eigenvalue weighted by molar-refractivity contribution is 5.75. The Bertz CT molecular complexity index is 511. The van der Waals surface area contributed by atoms with Crippen LogP contribution in [-0.4, -0.2) is 26.7 Å². The number of rotatable bonds is 5. The number of aryl methyl sites for hydroxylation is 1. The summed E-state index contributed by atoms with van der Waals surface area (Å²) in [7, 11) is 3.41. The lowest BCUT2D eigenvalue weighted by Gasteiger charge is -2.26. The van der Waals surface area contributed by atoms with E-state index in [0.29, 0.717) is 12.6 Å². The van der Waals surface area contributed by atoms with Crippen LogP contribution in [0.2, 0.25) is 0 Å². The third-order valence-electron chi connectivity index (χ3n) is 4.11. The predicted octanol–water partition coefficient (Wildman–Crippen LogP) is 2.86. The van der Waals surface area contributed by atoms with Crippen molar-refractivity contribution in [1.82, 2.24) is 5.32 Å². The highest BCUT2D eigenvalue weighted by Crippen LogP contribution is 2.32. The molecule has 4 heteroatoms. The van der Waals surface area contributed by atoms with Crippen molar-refractivity contribution in [2.24, 2.45) is 5.41 Å². The molecule has 1 aromatic rings. The van der Waals surface area contributed by atoms with Gasteiger partial charge in [0.2, 0.25) is 0 Å². The third kappa shape index (κ3) is 3.56. The molecule has 1 atom stereocenters. The highest BCUT2D eigenvalue weighted by Gasteiger charge is 2.30. The molecule has 0 amide bonds. The molecule has 0 saturated carbocycles. The van der Waals surface area contributed by atoms with E-state index in [2.05, 4.69) is 17.4 Å².